The zero-order chi connectivity index (χ0) is 15.4. The van der Waals surface area contributed by atoms with Crippen molar-refractivity contribution < 1.29 is 9.53 Å². The molecule has 1 amide bonds. The molecular formula is C14H11BrCl2N2O2. The van der Waals surface area contributed by atoms with Gasteiger partial charge in [-0.25, -0.2) is 0 Å². The van der Waals surface area contributed by atoms with E-state index in [1.807, 2.05) is 12.1 Å². The number of ether oxygens (including phenoxy) is 1. The first kappa shape index (κ1) is 15.9. The number of benzene rings is 2. The van der Waals surface area contributed by atoms with Crippen molar-refractivity contribution in [3.63, 3.8) is 0 Å². The summed E-state index contributed by atoms with van der Waals surface area (Å²) in [6, 6.07) is 10.2. The third kappa shape index (κ3) is 4.52. The number of rotatable bonds is 4. The second kappa shape index (κ2) is 7.02. The van der Waals surface area contributed by atoms with Crippen LogP contribution in [0.4, 0.5) is 11.4 Å². The van der Waals surface area contributed by atoms with E-state index in [0.717, 1.165) is 4.47 Å². The summed E-state index contributed by atoms with van der Waals surface area (Å²) in [5, 5.41) is 3.14. The standard InChI is InChI=1S/C14H11BrCl2N2O2/c15-8-1-3-10(4-2-8)21-7-13(20)19-14-11(16)5-9(18)6-12(14)17/h1-6H,7,18H2,(H,19,20). The third-order valence-electron chi connectivity index (χ3n) is 2.51. The van der Waals surface area contributed by atoms with Gasteiger partial charge in [-0.3, -0.25) is 4.79 Å². The lowest BCUT2D eigenvalue weighted by molar-refractivity contribution is -0.118. The van der Waals surface area contributed by atoms with Gasteiger partial charge < -0.3 is 15.8 Å². The minimum atomic E-state index is -0.369. The quantitative estimate of drug-likeness (QED) is 0.763. The van der Waals surface area contributed by atoms with E-state index in [1.54, 1.807) is 12.1 Å². The molecule has 21 heavy (non-hydrogen) atoms. The van der Waals surface area contributed by atoms with E-state index in [4.69, 9.17) is 33.7 Å². The van der Waals surface area contributed by atoms with Gasteiger partial charge in [0.25, 0.3) is 5.91 Å². The third-order valence-corrected chi connectivity index (χ3v) is 3.64. The first-order valence-corrected chi connectivity index (χ1v) is 7.43. The number of hydrogen-bond acceptors (Lipinski definition) is 3. The van der Waals surface area contributed by atoms with Gasteiger partial charge in [-0.15, -0.1) is 0 Å². The number of amides is 1. The SMILES string of the molecule is Nc1cc(Cl)c(NC(=O)COc2ccc(Br)cc2)c(Cl)c1. The Morgan fingerprint density at radius 2 is 1.76 bits per heavy atom. The van der Waals surface area contributed by atoms with Crippen LogP contribution in [0, 0.1) is 0 Å². The van der Waals surface area contributed by atoms with Crippen LogP contribution in [0.1, 0.15) is 0 Å². The predicted molar refractivity (Wildman–Crippen MR) is 89.1 cm³/mol. The second-order valence-corrected chi connectivity index (χ2v) is 5.88. The summed E-state index contributed by atoms with van der Waals surface area (Å²) in [7, 11) is 0. The van der Waals surface area contributed by atoms with Gasteiger partial charge in [-0.2, -0.15) is 0 Å². The van der Waals surface area contributed by atoms with Crippen LogP contribution in [0.25, 0.3) is 0 Å². The summed E-state index contributed by atoms with van der Waals surface area (Å²) in [5.74, 6) is 0.217. The van der Waals surface area contributed by atoms with Crippen LogP contribution in [-0.2, 0) is 4.79 Å². The largest absolute Gasteiger partial charge is 0.484 e. The Labute approximate surface area is 140 Å². The summed E-state index contributed by atoms with van der Waals surface area (Å²) in [6.07, 6.45) is 0. The van der Waals surface area contributed by atoms with Crippen LogP contribution in [-0.4, -0.2) is 12.5 Å². The second-order valence-electron chi connectivity index (χ2n) is 4.15. The first-order valence-electron chi connectivity index (χ1n) is 5.88. The van der Waals surface area contributed by atoms with Crippen LogP contribution < -0.4 is 15.8 Å². The fourth-order valence-electron chi connectivity index (χ4n) is 1.57. The molecule has 0 heterocycles. The summed E-state index contributed by atoms with van der Waals surface area (Å²) < 4.78 is 6.29. The highest BCUT2D eigenvalue weighted by molar-refractivity contribution is 9.10. The molecule has 0 unspecified atom stereocenters. The van der Waals surface area contributed by atoms with Crippen molar-refractivity contribution in [2.24, 2.45) is 0 Å². The van der Waals surface area contributed by atoms with Gasteiger partial charge >= 0.3 is 0 Å². The molecule has 0 saturated heterocycles. The molecule has 4 nitrogen and oxygen atoms in total. The van der Waals surface area contributed by atoms with Gasteiger partial charge in [0.2, 0.25) is 0 Å². The number of nitrogens with one attached hydrogen (secondary N) is 1. The molecule has 0 bridgehead atoms. The van der Waals surface area contributed by atoms with Gasteiger partial charge in [-0.1, -0.05) is 39.1 Å². The Hall–Kier alpha value is -1.43. The first-order chi connectivity index (χ1) is 9.95. The molecule has 0 aromatic heterocycles. The Balaban J connectivity index is 1.97. The fraction of sp³-hybridized carbons (Fsp3) is 0.0714. The fourth-order valence-corrected chi connectivity index (χ4v) is 2.43. The average molecular weight is 390 g/mol. The molecule has 7 heteroatoms. The Morgan fingerprint density at radius 3 is 2.33 bits per heavy atom. The molecule has 3 N–H and O–H groups in total. The zero-order valence-corrected chi connectivity index (χ0v) is 13.8. The highest BCUT2D eigenvalue weighted by Gasteiger charge is 2.11. The molecule has 0 fully saturated rings. The van der Waals surface area contributed by atoms with E-state index in [1.165, 1.54) is 12.1 Å². The zero-order valence-electron chi connectivity index (χ0n) is 10.7. The van der Waals surface area contributed by atoms with Crippen molar-refractivity contribution in [1.82, 2.24) is 0 Å². The van der Waals surface area contributed by atoms with Crippen LogP contribution >= 0.6 is 39.1 Å². The Morgan fingerprint density at radius 1 is 1.19 bits per heavy atom. The maximum Gasteiger partial charge on any atom is 0.262 e. The number of nitrogens with two attached hydrogens (primary N) is 1. The number of nitrogen functional groups attached to an aromatic ring is 1. The number of hydrogen-bond donors (Lipinski definition) is 2. The molecule has 0 atom stereocenters. The lowest BCUT2D eigenvalue weighted by Crippen LogP contribution is -2.20. The monoisotopic (exact) mass is 388 g/mol. The number of halogens is 3. The van der Waals surface area contributed by atoms with E-state index in [2.05, 4.69) is 21.2 Å². The molecule has 0 radical (unpaired) electrons. The van der Waals surface area contributed by atoms with E-state index in [-0.39, 0.29) is 22.6 Å². The summed E-state index contributed by atoms with van der Waals surface area (Å²) in [4.78, 5) is 11.8. The van der Waals surface area contributed by atoms with Crippen molar-refractivity contribution in [2.75, 3.05) is 17.7 Å². The van der Waals surface area contributed by atoms with Crippen LogP contribution in [0.5, 0.6) is 5.75 Å². The molecular weight excluding hydrogens is 379 g/mol. The van der Waals surface area contributed by atoms with Gasteiger partial charge in [0.1, 0.15) is 5.75 Å². The molecule has 2 aromatic rings. The molecule has 2 aromatic carbocycles. The maximum absolute atomic E-state index is 11.8. The Bertz CT molecular complexity index is 640. The van der Waals surface area contributed by atoms with Crippen LogP contribution in [0.2, 0.25) is 10.0 Å². The number of carbonyl (C=O) groups is 1. The smallest absolute Gasteiger partial charge is 0.262 e. The van der Waals surface area contributed by atoms with Gasteiger partial charge in [-0.05, 0) is 36.4 Å². The van der Waals surface area contributed by atoms with Crippen molar-refractivity contribution >= 4 is 56.4 Å². The molecule has 0 aliphatic rings. The number of anilines is 2. The summed E-state index contributed by atoms with van der Waals surface area (Å²) in [5.41, 5.74) is 6.34. The van der Waals surface area contributed by atoms with E-state index < -0.39 is 0 Å². The average Bonchev–Trinajstić information content (AvgIpc) is 2.42. The minimum absolute atomic E-state index is 0.154. The van der Waals surface area contributed by atoms with Crippen LogP contribution in [0.3, 0.4) is 0 Å². The van der Waals surface area contributed by atoms with Gasteiger partial charge in [0, 0.05) is 10.2 Å². The highest BCUT2D eigenvalue weighted by Crippen LogP contribution is 2.32. The van der Waals surface area contributed by atoms with Gasteiger partial charge in [0.15, 0.2) is 6.61 Å². The summed E-state index contributed by atoms with van der Waals surface area (Å²) >= 11 is 15.3. The Kier molecular flexibility index (Phi) is 5.33. The van der Waals surface area contributed by atoms with E-state index in [0.29, 0.717) is 17.1 Å². The molecule has 0 saturated carbocycles. The lowest BCUT2D eigenvalue weighted by atomic mass is 10.3. The summed E-state index contributed by atoms with van der Waals surface area (Å²) in [6.45, 7) is -0.154. The number of carbonyl (C=O) groups excluding carboxylic acids is 1. The van der Waals surface area contributed by atoms with Crippen molar-refractivity contribution in [2.45, 2.75) is 0 Å². The normalized spacial score (nSPS) is 10.2. The van der Waals surface area contributed by atoms with Crippen molar-refractivity contribution in [1.29, 1.82) is 0 Å². The van der Waals surface area contributed by atoms with E-state index >= 15 is 0 Å². The maximum atomic E-state index is 11.8. The van der Waals surface area contributed by atoms with Crippen LogP contribution in [0.15, 0.2) is 40.9 Å². The topological polar surface area (TPSA) is 64.3 Å². The predicted octanol–water partition coefficient (Wildman–Crippen LogP) is 4.36. The van der Waals surface area contributed by atoms with Crippen molar-refractivity contribution in [3.05, 3.63) is 50.9 Å². The molecule has 0 aliphatic heterocycles. The minimum Gasteiger partial charge on any atom is -0.484 e. The molecule has 2 rings (SSSR count). The highest BCUT2D eigenvalue weighted by atomic mass is 79.9. The lowest BCUT2D eigenvalue weighted by Gasteiger charge is -2.11. The van der Waals surface area contributed by atoms with Gasteiger partial charge in [0.05, 0.1) is 15.7 Å². The molecule has 110 valence electrons. The van der Waals surface area contributed by atoms with Crippen molar-refractivity contribution in [3.8, 4) is 5.75 Å². The molecule has 0 spiro atoms. The van der Waals surface area contributed by atoms with E-state index in [9.17, 15) is 4.79 Å². The molecule has 0 aliphatic carbocycles.